The smallest absolute Gasteiger partial charge is 0.248 e. The molecular weight excluding hydrogens is 286 g/mol. The van der Waals surface area contributed by atoms with E-state index in [9.17, 15) is 9.59 Å². The Morgan fingerprint density at radius 2 is 1.90 bits per heavy atom. The van der Waals surface area contributed by atoms with Crippen molar-refractivity contribution in [2.24, 2.45) is 5.73 Å². The van der Waals surface area contributed by atoms with E-state index < -0.39 is 5.91 Å². The van der Waals surface area contributed by atoms with Crippen LogP contribution in [0.5, 0.6) is 0 Å². The van der Waals surface area contributed by atoms with Gasteiger partial charge in [-0.3, -0.25) is 14.5 Å². The Bertz CT molecular complexity index is 498. The molecule has 1 aromatic rings. The van der Waals surface area contributed by atoms with Gasteiger partial charge in [-0.05, 0) is 55.7 Å². The largest absolute Gasteiger partial charge is 0.366 e. The van der Waals surface area contributed by atoms with E-state index in [1.165, 1.54) is 11.5 Å². The first-order chi connectivity index (χ1) is 10.1. The van der Waals surface area contributed by atoms with Crippen molar-refractivity contribution in [3.63, 3.8) is 0 Å². The Balaban J connectivity index is 1.84. The molecule has 0 radical (unpaired) electrons. The lowest BCUT2D eigenvalue weighted by molar-refractivity contribution is -0.117. The molecule has 1 aliphatic rings. The number of carbonyl (C=O) groups excluding carboxylic acids is 2. The Morgan fingerprint density at radius 1 is 1.29 bits per heavy atom. The summed E-state index contributed by atoms with van der Waals surface area (Å²) < 4.78 is 0. The van der Waals surface area contributed by atoms with Gasteiger partial charge in [0.25, 0.3) is 0 Å². The van der Waals surface area contributed by atoms with E-state index in [2.05, 4.69) is 10.2 Å². The lowest BCUT2D eigenvalue weighted by atomic mass is 10.1. The molecule has 0 spiro atoms. The van der Waals surface area contributed by atoms with Crippen LogP contribution in [0.25, 0.3) is 0 Å². The molecule has 2 rings (SSSR count). The number of likely N-dealkylation sites (N-methyl/N-ethyl adjacent to an activating group) is 1. The van der Waals surface area contributed by atoms with Crippen LogP contribution in [0.4, 0.5) is 5.69 Å². The zero-order chi connectivity index (χ0) is 15.2. The van der Waals surface area contributed by atoms with Crippen molar-refractivity contribution in [2.75, 3.05) is 30.4 Å². The number of rotatable bonds is 5. The summed E-state index contributed by atoms with van der Waals surface area (Å²) in [6, 6.07) is 7.10. The highest BCUT2D eigenvalue weighted by Gasteiger charge is 2.20. The molecule has 0 atom stereocenters. The zero-order valence-electron chi connectivity index (χ0n) is 12.2. The van der Waals surface area contributed by atoms with Crippen molar-refractivity contribution >= 4 is 29.3 Å². The Labute approximate surface area is 129 Å². The molecule has 0 aromatic heterocycles. The molecule has 0 saturated carbocycles. The Hall–Kier alpha value is -1.53. The molecule has 5 nitrogen and oxygen atoms in total. The average molecular weight is 307 g/mol. The van der Waals surface area contributed by atoms with Crippen LogP contribution in [0.1, 0.15) is 23.2 Å². The molecule has 114 valence electrons. The third-order valence-corrected chi connectivity index (χ3v) is 4.71. The van der Waals surface area contributed by atoms with Crippen molar-refractivity contribution in [2.45, 2.75) is 18.9 Å². The molecule has 1 aromatic carbocycles. The number of primary amides is 1. The predicted octanol–water partition coefficient (Wildman–Crippen LogP) is 1.55. The molecule has 1 aliphatic heterocycles. The van der Waals surface area contributed by atoms with Gasteiger partial charge in [-0.15, -0.1) is 0 Å². The number of hydrogen-bond donors (Lipinski definition) is 2. The maximum Gasteiger partial charge on any atom is 0.248 e. The highest BCUT2D eigenvalue weighted by molar-refractivity contribution is 7.99. The van der Waals surface area contributed by atoms with Crippen LogP contribution >= 0.6 is 11.8 Å². The maximum absolute atomic E-state index is 12.0. The zero-order valence-corrected chi connectivity index (χ0v) is 13.0. The molecule has 1 saturated heterocycles. The monoisotopic (exact) mass is 307 g/mol. The van der Waals surface area contributed by atoms with Crippen LogP contribution in [0.3, 0.4) is 0 Å². The summed E-state index contributed by atoms with van der Waals surface area (Å²) >= 11 is 1.98. The summed E-state index contributed by atoms with van der Waals surface area (Å²) in [5.41, 5.74) is 6.29. The number of thioether (sulfide) groups is 1. The summed E-state index contributed by atoms with van der Waals surface area (Å²) in [5.74, 6) is 1.83. The van der Waals surface area contributed by atoms with Gasteiger partial charge in [0.1, 0.15) is 0 Å². The third kappa shape index (κ3) is 4.75. The average Bonchev–Trinajstić information content (AvgIpc) is 2.48. The van der Waals surface area contributed by atoms with Crippen molar-refractivity contribution in [1.82, 2.24) is 4.90 Å². The number of carbonyl (C=O) groups is 2. The highest BCUT2D eigenvalue weighted by atomic mass is 32.2. The van der Waals surface area contributed by atoms with Gasteiger partial charge in [0.15, 0.2) is 0 Å². The Morgan fingerprint density at radius 3 is 2.48 bits per heavy atom. The quantitative estimate of drug-likeness (QED) is 0.865. The molecule has 1 heterocycles. The van der Waals surface area contributed by atoms with Gasteiger partial charge in [-0.1, -0.05) is 0 Å². The molecule has 6 heteroatoms. The third-order valence-electron chi connectivity index (χ3n) is 3.66. The van der Waals surface area contributed by atoms with Crippen LogP contribution in [-0.4, -0.2) is 47.9 Å². The molecule has 21 heavy (non-hydrogen) atoms. The minimum Gasteiger partial charge on any atom is -0.366 e. The van der Waals surface area contributed by atoms with Gasteiger partial charge in [0, 0.05) is 17.3 Å². The van der Waals surface area contributed by atoms with Gasteiger partial charge in [0.2, 0.25) is 11.8 Å². The van der Waals surface area contributed by atoms with Crippen molar-refractivity contribution in [1.29, 1.82) is 0 Å². The van der Waals surface area contributed by atoms with Gasteiger partial charge >= 0.3 is 0 Å². The van der Waals surface area contributed by atoms with Gasteiger partial charge in [-0.25, -0.2) is 0 Å². The normalized spacial score (nSPS) is 15.9. The van der Waals surface area contributed by atoms with Crippen LogP contribution in [0, 0.1) is 0 Å². The predicted molar refractivity (Wildman–Crippen MR) is 86.6 cm³/mol. The molecule has 1 fully saturated rings. The van der Waals surface area contributed by atoms with E-state index in [0.717, 1.165) is 12.8 Å². The molecule has 0 aliphatic carbocycles. The SMILES string of the molecule is CN(CC(=O)Nc1ccc(C(N)=O)cc1)C1CCSCC1. The summed E-state index contributed by atoms with van der Waals surface area (Å²) in [6.45, 7) is 0.382. The van der Waals surface area contributed by atoms with Gasteiger partial charge in [0.05, 0.1) is 6.54 Å². The second kappa shape index (κ2) is 7.47. The minimum atomic E-state index is -0.470. The number of hydrogen-bond acceptors (Lipinski definition) is 4. The van der Waals surface area contributed by atoms with Crippen molar-refractivity contribution in [3.8, 4) is 0 Å². The van der Waals surface area contributed by atoms with Crippen molar-refractivity contribution in [3.05, 3.63) is 29.8 Å². The van der Waals surface area contributed by atoms with Crippen LogP contribution in [-0.2, 0) is 4.79 Å². The Kier molecular flexibility index (Phi) is 5.64. The number of anilines is 1. The molecule has 3 N–H and O–H groups in total. The highest BCUT2D eigenvalue weighted by Crippen LogP contribution is 2.20. The summed E-state index contributed by atoms with van der Waals surface area (Å²) in [7, 11) is 2.00. The molecule has 0 bridgehead atoms. The van der Waals surface area contributed by atoms with Crippen LogP contribution in [0.2, 0.25) is 0 Å². The van der Waals surface area contributed by atoms with E-state index in [1.54, 1.807) is 24.3 Å². The first-order valence-corrected chi connectivity index (χ1v) is 8.19. The first-order valence-electron chi connectivity index (χ1n) is 7.04. The minimum absolute atomic E-state index is 0.0393. The number of nitrogens with one attached hydrogen (secondary N) is 1. The van der Waals surface area contributed by atoms with E-state index in [4.69, 9.17) is 5.73 Å². The fourth-order valence-electron chi connectivity index (χ4n) is 2.40. The summed E-state index contributed by atoms with van der Waals surface area (Å²) in [5, 5.41) is 2.84. The molecule has 2 amide bonds. The second-order valence-corrected chi connectivity index (χ2v) is 6.47. The fourth-order valence-corrected chi connectivity index (χ4v) is 3.48. The number of nitrogens with zero attached hydrogens (tertiary/aromatic N) is 1. The van der Waals surface area contributed by atoms with Gasteiger partial charge < -0.3 is 11.1 Å². The molecule has 0 unspecified atom stereocenters. The van der Waals surface area contributed by atoms with Crippen LogP contribution < -0.4 is 11.1 Å². The topological polar surface area (TPSA) is 75.4 Å². The number of nitrogens with two attached hydrogens (primary N) is 1. The number of amides is 2. The van der Waals surface area contributed by atoms with E-state index in [-0.39, 0.29) is 5.91 Å². The van der Waals surface area contributed by atoms with E-state index >= 15 is 0 Å². The second-order valence-electron chi connectivity index (χ2n) is 5.25. The van der Waals surface area contributed by atoms with E-state index in [1.807, 2.05) is 18.8 Å². The fraction of sp³-hybridized carbons (Fsp3) is 0.467. The first kappa shape index (κ1) is 15.9. The van der Waals surface area contributed by atoms with Gasteiger partial charge in [-0.2, -0.15) is 11.8 Å². The summed E-state index contributed by atoms with van der Waals surface area (Å²) in [4.78, 5) is 25.1. The lowest BCUT2D eigenvalue weighted by Crippen LogP contribution is -2.39. The molecular formula is C15H21N3O2S. The van der Waals surface area contributed by atoms with E-state index in [0.29, 0.717) is 23.8 Å². The maximum atomic E-state index is 12.0. The number of benzene rings is 1. The standard InChI is InChI=1S/C15H21N3O2S/c1-18(13-6-8-21-9-7-13)10-14(19)17-12-4-2-11(3-5-12)15(16)20/h2-5,13H,6-10H2,1H3,(H2,16,20)(H,17,19). The van der Waals surface area contributed by atoms with Crippen LogP contribution in [0.15, 0.2) is 24.3 Å². The van der Waals surface area contributed by atoms with Crippen molar-refractivity contribution < 1.29 is 9.59 Å². The summed E-state index contributed by atoms with van der Waals surface area (Å²) in [6.07, 6.45) is 2.28. The lowest BCUT2D eigenvalue weighted by Gasteiger charge is -2.30.